The number of benzene rings is 2. The van der Waals surface area contributed by atoms with Gasteiger partial charge in [0.25, 0.3) is 11.5 Å². The molecule has 1 aliphatic rings. The van der Waals surface area contributed by atoms with Gasteiger partial charge in [0, 0.05) is 34.9 Å². The zero-order valence-corrected chi connectivity index (χ0v) is 20.7. The van der Waals surface area contributed by atoms with Crippen molar-refractivity contribution in [2.45, 2.75) is 38.1 Å². The van der Waals surface area contributed by atoms with Crippen molar-refractivity contribution in [3.05, 3.63) is 92.4 Å². The summed E-state index contributed by atoms with van der Waals surface area (Å²) in [6, 6.07) is 13.7. The Morgan fingerprint density at radius 3 is 2.29 bits per heavy atom. The normalized spacial score (nSPS) is 14.9. The zero-order valence-electron chi connectivity index (χ0n) is 19.2. The van der Waals surface area contributed by atoms with E-state index in [1.807, 2.05) is 13.8 Å². The Bertz CT molecular complexity index is 1490. The highest BCUT2D eigenvalue weighted by atomic mass is 35.5. The lowest BCUT2D eigenvalue weighted by Gasteiger charge is -2.32. The van der Waals surface area contributed by atoms with E-state index >= 15 is 0 Å². The summed E-state index contributed by atoms with van der Waals surface area (Å²) < 4.78 is 24.3. The number of carbonyl (C=O) groups is 2. The number of Topliss-reactive ketones (excluding diaryl/α,β-unsaturated/α-hetero) is 1. The van der Waals surface area contributed by atoms with Gasteiger partial charge in [-0.05, 0) is 59.9 Å². The predicted molar refractivity (Wildman–Crippen MR) is 132 cm³/mol. The molecule has 182 valence electrons. The van der Waals surface area contributed by atoms with Crippen LogP contribution in [0.25, 0.3) is 5.69 Å². The second-order valence-electron chi connectivity index (χ2n) is 9.35. The molecule has 1 heterocycles. The molecule has 8 nitrogen and oxygen atoms in total. The lowest BCUT2D eigenvalue weighted by Crippen LogP contribution is -2.38. The molecule has 1 aromatic heterocycles. The number of carbonyl (C=O) groups excluding carboxylic acids is 2. The fourth-order valence-corrected chi connectivity index (χ4v) is 4.86. The molecule has 0 saturated heterocycles. The van der Waals surface area contributed by atoms with Crippen LogP contribution in [0.1, 0.15) is 52.2 Å². The van der Waals surface area contributed by atoms with Crippen molar-refractivity contribution in [1.29, 1.82) is 0 Å². The quantitative estimate of drug-likeness (QED) is 0.541. The Morgan fingerprint density at radius 1 is 1.06 bits per heavy atom. The average molecular weight is 514 g/mol. The molecule has 1 aliphatic carbocycles. The number of primary sulfonamides is 1. The number of hydrogen-bond acceptors (Lipinski definition) is 5. The molecule has 35 heavy (non-hydrogen) atoms. The first-order chi connectivity index (χ1) is 16.4. The first kappa shape index (κ1) is 24.8. The number of aromatic nitrogens is 1. The lowest BCUT2D eigenvalue weighted by atomic mass is 9.75. The third-order valence-corrected chi connectivity index (χ3v) is 7.10. The molecule has 0 spiro atoms. The summed E-state index contributed by atoms with van der Waals surface area (Å²) in [6.45, 7) is 3.97. The van der Waals surface area contributed by atoms with Crippen molar-refractivity contribution in [1.82, 2.24) is 9.88 Å². The number of nitrogens with one attached hydrogen (secondary N) is 1. The number of amides is 1. The van der Waals surface area contributed by atoms with Crippen molar-refractivity contribution >= 4 is 33.3 Å². The van der Waals surface area contributed by atoms with E-state index in [-0.39, 0.29) is 28.2 Å². The number of pyridine rings is 1. The average Bonchev–Trinajstić information content (AvgIpc) is 2.77. The monoisotopic (exact) mass is 513 g/mol. The van der Waals surface area contributed by atoms with Crippen molar-refractivity contribution in [3.63, 3.8) is 0 Å². The van der Waals surface area contributed by atoms with E-state index in [0.29, 0.717) is 40.4 Å². The number of ketones is 1. The molecule has 0 fully saturated rings. The number of sulfonamides is 1. The van der Waals surface area contributed by atoms with Crippen LogP contribution in [-0.2, 0) is 23.0 Å². The molecule has 2 aromatic carbocycles. The summed E-state index contributed by atoms with van der Waals surface area (Å²) in [4.78, 5) is 39.5. The van der Waals surface area contributed by atoms with Gasteiger partial charge in [-0.25, -0.2) is 13.6 Å². The summed E-state index contributed by atoms with van der Waals surface area (Å²) in [6.07, 6.45) is 0.792. The van der Waals surface area contributed by atoms with E-state index in [9.17, 15) is 22.8 Å². The summed E-state index contributed by atoms with van der Waals surface area (Å²) >= 11 is 6.02. The van der Waals surface area contributed by atoms with Gasteiger partial charge in [0.2, 0.25) is 10.0 Å². The highest BCUT2D eigenvalue weighted by Gasteiger charge is 2.35. The maximum atomic E-state index is 13.5. The zero-order chi connectivity index (χ0) is 25.5. The molecular formula is C25H24ClN3O5S. The molecule has 0 unspecified atom stereocenters. The van der Waals surface area contributed by atoms with E-state index in [1.54, 1.807) is 24.3 Å². The number of nitrogens with zero attached hydrogens (tertiary/aromatic N) is 1. The number of hydrogen-bond donors (Lipinski definition) is 2. The maximum absolute atomic E-state index is 13.5. The van der Waals surface area contributed by atoms with Crippen molar-refractivity contribution < 1.29 is 18.0 Å². The van der Waals surface area contributed by atoms with Gasteiger partial charge in [0.15, 0.2) is 5.78 Å². The lowest BCUT2D eigenvalue weighted by molar-refractivity contribution is 0.0908. The predicted octanol–water partition coefficient (Wildman–Crippen LogP) is 3.22. The SMILES string of the molecule is CC1(C)CC(=O)c2cc(C(=O)NCc3ccc(S(N)(=O)=O)cc3)c(=O)n(-c3ccc(Cl)cc3)c2C1. The third kappa shape index (κ3) is 5.22. The molecule has 3 N–H and O–H groups in total. The molecule has 0 saturated carbocycles. The van der Waals surface area contributed by atoms with Gasteiger partial charge in [-0.3, -0.25) is 19.0 Å². The first-order valence-electron chi connectivity index (χ1n) is 10.8. The summed E-state index contributed by atoms with van der Waals surface area (Å²) in [5.74, 6) is -0.778. The molecular weight excluding hydrogens is 490 g/mol. The number of rotatable bonds is 5. The summed E-state index contributed by atoms with van der Waals surface area (Å²) in [7, 11) is -3.83. The van der Waals surface area contributed by atoms with E-state index in [0.717, 1.165) is 0 Å². The van der Waals surface area contributed by atoms with Crippen LogP contribution < -0.4 is 16.0 Å². The second kappa shape index (κ2) is 9.07. The molecule has 0 radical (unpaired) electrons. The Kier molecular flexibility index (Phi) is 6.44. The second-order valence-corrected chi connectivity index (χ2v) is 11.3. The van der Waals surface area contributed by atoms with Crippen molar-refractivity contribution in [2.75, 3.05) is 0 Å². The Labute approximate surface area is 207 Å². The largest absolute Gasteiger partial charge is 0.348 e. The van der Waals surface area contributed by atoms with Crippen LogP contribution in [0.3, 0.4) is 0 Å². The van der Waals surface area contributed by atoms with Crippen molar-refractivity contribution in [3.8, 4) is 5.69 Å². The van der Waals surface area contributed by atoms with Gasteiger partial charge in [-0.2, -0.15) is 0 Å². The number of fused-ring (bicyclic) bond motifs is 1. The van der Waals surface area contributed by atoms with Crippen molar-refractivity contribution in [2.24, 2.45) is 10.6 Å². The van der Waals surface area contributed by atoms with Crippen LogP contribution in [0.15, 0.2) is 64.3 Å². The minimum Gasteiger partial charge on any atom is -0.348 e. The Balaban J connectivity index is 1.72. The van der Waals surface area contributed by atoms with Gasteiger partial charge in [0.1, 0.15) is 5.56 Å². The fourth-order valence-electron chi connectivity index (χ4n) is 4.21. The molecule has 4 rings (SSSR count). The molecule has 0 atom stereocenters. The Morgan fingerprint density at radius 2 is 1.69 bits per heavy atom. The molecule has 10 heteroatoms. The van der Waals surface area contributed by atoms with Crippen LogP contribution in [0.2, 0.25) is 5.02 Å². The van der Waals surface area contributed by atoms with Gasteiger partial charge >= 0.3 is 0 Å². The van der Waals surface area contributed by atoms with Gasteiger partial charge in [-0.1, -0.05) is 37.6 Å². The van der Waals surface area contributed by atoms with Crippen LogP contribution in [0, 0.1) is 5.41 Å². The van der Waals surface area contributed by atoms with E-state index in [2.05, 4.69) is 5.32 Å². The van der Waals surface area contributed by atoms with Gasteiger partial charge < -0.3 is 5.32 Å². The van der Waals surface area contributed by atoms with E-state index < -0.39 is 21.5 Å². The highest BCUT2D eigenvalue weighted by Crippen LogP contribution is 2.35. The summed E-state index contributed by atoms with van der Waals surface area (Å²) in [5.41, 5.74) is 0.994. The van der Waals surface area contributed by atoms with Gasteiger partial charge in [0.05, 0.1) is 4.90 Å². The van der Waals surface area contributed by atoms with Crippen LogP contribution in [0.5, 0.6) is 0 Å². The van der Waals surface area contributed by atoms with Crippen LogP contribution in [-0.4, -0.2) is 24.7 Å². The summed E-state index contributed by atoms with van der Waals surface area (Å²) in [5, 5.41) is 8.28. The smallest absolute Gasteiger partial charge is 0.268 e. The van der Waals surface area contributed by atoms with E-state index in [4.69, 9.17) is 16.7 Å². The minimum absolute atomic E-state index is 0.0438. The van der Waals surface area contributed by atoms with Crippen LogP contribution >= 0.6 is 11.6 Å². The topological polar surface area (TPSA) is 128 Å². The van der Waals surface area contributed by atoms with Crippen LogP contribution in [0.4, 0.5) is 0 Å². The Hall–Kier alpha value is -3.27. The third-order valence-electron chi connectivity index (χ3n) is 5.92. The van der Waals surface area contributed by atoms with E-state index in [1.165, 1.54) is 34.9 Å². The van der Waals surface area contributed by atoms with Gasteiger partial charge in [-0.15, -0.1) is 0 Å². The standard InChI is InChI=1S/C25H24ClN3O5S/c1-25(2)12-21-19(22(30)13-25)11-20(24(32)29(21)17-7-5-16(26)6-8-17)23(31)28-14-15-3-9-18(10-4-15)35(27,33)34/h3-11H,12-14H2,1-2H3,(H,28,31)(H2,27,33,34). The number of halogens is 1. The minimum atomic E-state index is -3.83. The maximum Gasteiger partial charge on any atom is 0.268 e. The highest BCUT2D eigenvalue weighted by molar-refractivity contribution is 7.89. The molecule has 3 aromatic rings. The molecule has 1 amide bonds. The number of nitrogens with two attached hydrogens (primary N) is 1. The first-order valence-corrected chi connectivity index (χ1v) is 12.8. The molecule has 0 aliphatic heterocycles. The molecule has 0 bridgehead atoms. The fraction of sp³-hybridized carbons (Fsp3) is 0.240.